The van der Waals surface area contributed by atoms with E-state index in [0.717, 1.165) is 40.9 Å². The molecule has 2 heterocycles. The fraction of sp³-hybridized carbons (Fsp3) is 0.250. The van der Waals surface area contributed by atoms with E-state index in [2.05, 4.69) is 20.9 Å². The molecule has 0 radical (unpaired) electrons. The SMILES string of the molecule is COc1ccc2c(c1)CCCN2C(=O)c1cncc(Br)c1. The van der Waals surface area contributed by atoms with Crippen molar-refractivity contribution in [1.29, 1.82) is 0 Å². The smallest absolute Gasteiger partial charge is 0.259 e. The highest BCUT2D eigenvalue weighted by molar-refractivity contribution is 9.10. The minimum atomic E-state index is -0.0186. The van der Waals surface area contributed by atoms with Gasteiger partial charge in [-0.2, -0.15) is 0 Å². The van der Waals surface area contributed by atoms with Crippen molar-refractivity contribution in [1.82, 2.24) is 4.98 Å². The topological polar surface area (TPSA) is 42.4 Å². The first kappa shape index (κ1) is 14.1. The zero-order valence-corrected chi connectivity index (χ0v) is 13.3. The number of ether oxygens (including phenoxy) is 1. The number of anilines is 1. The van der Waals surface area contributed by atoms with E-state index in [1.54, 1.807) is 25.6 Å². The van der Waals surface area contributed by atoms with Crippen LogP contribution in [0, 0.1) is 0 Å². The van der Waals surface area contributed by atoms with Crippen LogP contribution in [-0.2, 0) is 6.42 Å². The Morgan fingerprint density at radius 1 is 1.33 bits per heavy atom. The Labute approximate surface area is 131 Å². The summed E-state index contributed by atoms with van der Waals surface area (Å²) in [6.07, 6.45) is 5.19. The minimum Gasteiger partial charge on any atom is -0.497 e. The average Bonchev–Trinajstić information content (AvgIpc) is 2.53. The quantitative estimate of drug-likeness (QED) is 0.836. The molecule has 4 nitrogen and oxygen atoms in total. The number of fused-ring (bicyclic) bond motifs is 1. The molecule has 1 aromatic carbocycles. The predicted octanol–water partition coefficient (Wildman–Crippen LogP) is 3.45. The van der Waals surface area contributed by atoms with Crippen molar-refractivity contribution in [3.05, 3.63) is 52.3 Å². The van der Waals surface area contributed by atoms with E-state index in [9.17, 15) is 4.79 Å². The van der Waals surface area contributed by atoms with E-state index in [-0.39, 0.29) is 5.91 Å². The van der Waals surface area contributed by atoms with Gasteiger partial charge in [-0.15, -0.1) is 0 Å². The van der Waals surface area contributed by atoms with E-state index in [4.69, 9.17) is 4.74 Å². The lowest BCUT2D eigenvalue weighted by Gasteiger charge is -2.29. The summed E-state index contributed by atoms with van der Waals surface area (Å²) in [6.45, 7) is 0.727. The van der Waals surface area contributed by atoms with Crippen LogP contribution in [0.4, 0.5) is 5.69 Å². The number of carbonyl (C=O) groups excluding carboxylic acids is 1. The van der Waals surface area contributed by atoms with Gasteiger partial charge in [0.25, 0.3) is 5.91 Å². The van der Waals surface area contributed by atoms with Crippen LogP contribution in [0.2, 0.25) is 0 Å². The monoisotopic (exact) mass is 346 g/mol. The highest BCUT2D eigenvalue weighted by Crippen LogP contribution is 2.31. The summed E-state index contributed by atoms with van der Waals surface area (Å²) in [5.41, 5.74) is 2.71. The number of halogens is 1. The zero-order valence-electron chi connectivity index (χ0n) is 11.7. The number of methoxy groups -OCH3 is 1. The number of nitrogens with zero attached hydrogens (tertiary/aromatic N) is 2. The van der Waals surface area contributed by atoms with Crippen LogP contribution < -0.4 is 9.64 Å². The molecule has 0 atom stereocenters. The van der Waals surface area contributed by atoms with Crippen molar-refractivity contribution in [2.75, 3.05) is 18.6 Å². The molecule has 1 aliphatic heterocycles. The molecule has 3 rings (SSSR count). The van der Waals surface area contributed by atoms with Crippen LogP contribution in [0.1, 0.15) is 22.3 Å². The van der Waals surface area contributed by atoms with Gasteiger partial charge in [-0.3, -0.25) is 9.78 Å². The van der Waals surface area contributed by atoms with Gasteiger partial charge in [-0.25, -0.2) is 0 Å². The molecule has 0 spiro atoms. The van der Waals surface area contributed by atoms with Gasteiger partial charge in [-0.1, -0.05) is 0 Å². The molecule has 21 heavy (non-hydrogen) atoms. The largest absolute Gasteiger partial charge is 0.497 e. The third-order valence-corrected chi connectivity index (χ3v) is 4.04. The number of amides is 1. The van der Waals surface area contributed by atoms with Crippen LogP contribution >= 0.6 is 15.9 Å². The fourth-order valence-electron chi connectivity index (χ4n) is 2.60. The zero-order chi connectivity index (χ0) is 14.8. The molecule has 0 aliphatic carbocycles. The summed E-state index contributed by atoms with van der Waals surface area (Å²) in [7, 11) is 1.65. The van der Waals surface area contributed by atoms with E-state index in [0.29, 0.717) is 5.56 Å². The molecule has 0 saturated heterocycles. The molecule has 5 heteroatoms. The van der Waals surface area contributed by atoms with Crippen LogP contribution in [0.3, 0.4) is 0 Å². The van der Waals surface area contributed by atoms with E-state index in [1.807, 2.05) is 23.1 Å². The van der Waals surface area contributed by atoms with Crippen molar-refractivity contribution < 1.29 is 9.53 Å². The molecular formula is C16H15BrN2O2. The van der Waals surface area contributed by atoms with Crippen LogP contribution in [0.5, 0.6) is 5.75 Å². The van der Waals surface area contributed by atoms with Gasteiger partial charge in [0, 0.05) is 29.1 Å². The summed E-state index contributed by atoms with van der Waals surface area (Å²) in [6, 6.07) is 7.65. The summed E-state index contributed by atoms with van der Waals surface area (Å²) < 4.78 is 6.06. The number of carbonyl (C=O) groups is 1. The molecule has 0 unspecified atom stereocenters. The van der Waals surface area contributed by atoms with Crippen LogP contribution in [-0.4, -0.2) is 24.5 Å². The lowest BCUT2D eigenvalue weighted by molar-refractivity contribution is 0.0984. The molecule has 0 N–H and O–H groups in total. The van der Waals surface area contributed by atoms with Gasteiger partial charge in [0.15, 0.2) is 0 Å². The minimum absolute atomic E-state index is 0.0186. The Morgan fingerprint density at radius 2 is 2.19 bits per heavy atom. The first-order valence-corrected chi connectivity index (χ1v) is 7.57. The number of aryl methyl sites for hydroxylation is 1. The molecule has 0 fully saturated rings. The Morgan fingerprint density at radius 3 is 2.95 bits per heavy atom. The van der Waals surface area contributed by atoms with Crippen molar-refractivity contribution in [2.24, 2.45) is 0 Å². The van der Waals surface area contributed by atoms with Crippen LogP contribution in [0.15, 0.2) is 41.1 Å². The molecule has 0 saturated carbocycles. The first-order chi connectivity index (χ1) is 10.2. The van der Waals surface area contributed by atoms with Crippen LogP contribution in [0.25, 0.3) is 0 Å². The second-order valence-corrected chi connectivity index (χ2v) is 5.86. The summed E-state index contributed by atoms with van der Waals surface area (Å²) in [4.78, 5) is 18.6. The third kappa shape index (κ3) is 2.78. The number of rotatable bonds is 2. The molecule has 1 aromatic heterocycles. The number of benzene rings is 1. The first-order valence-electron chi connectivity index (χ1n) is 6.78. The van der Waals surface area contributed by atoms with Gasteiger partial charge < -0.3 is 9.64 Å². The second-order valence-electron chi connectivity index (χ2n) is 4.95. The summed E-state index contributed by atoms with van der Waals surface area (Å²) in [5.74, 6) is 0.807. The normalized spacial score (nSPS) is 13.7. The standard InChI is InChI=1S/C16H15BrN2O2/c1-21-14-4-5-15-11(8-14)3-2-6-19(15)16(20)12-7-13(17)10-18-9-12/h4-5,7-10H,2-3,6H2,1H3. The number of hydrogen-bond acceptors (Lipinski definition) is 3. The molecule has 1 aliphatic rings. The van der Waals surface area contributed by atoms with Crippen molar-refractivity contribution >= 4 is 27.5 Å². The Kier molecular flexibility index (Phi) is 3.92. The van der Waals surface area contributed by atoms with Gasteiger partial charge in [0.2, 0.25) is 0 Å². The fourth-order valence-corrected chi connectivity index (χ4v) is 2.96. The van der Waals surface area contributed by atoms with Gasteiger partial charge >= 0.3 is 0 Å². The Balaban J connectivity index is 1.96. The average molecular weight is 347 g/mol. The van der Waals surface area contributed by atoms with Gasteiger partial charge in [-0.05, 0) is 58.6 Å². The van der Waals surface area contributed by atoms with Crippen molar-refractivity contribution in [3.63, 3.8) is 0 Å². The van der Waals surface area contributed by atoms with E-state index < -0.39 is 0 Å². The maximum absolute atomic E-state index is 12.7. The Bertz CT molecular complexity index is 688. The lowest BCUT2D eigenvalue weighted by atomic mass is 10.0. The summed E-state index contributed by atoms with van der Waals surface area (Å²) in [5, 5.41) is 0. The van der Waals surface area contributed by atoms with Crippen molar-refractivity contribution in [3.8, 4) is 5.75 Å². The number of aromatic nitrogens is 1. The van der Waals surface area contributed by atoms with Crippen molar-refractivity contribution in [2.45, 2.75) is 12.8 Å². The molecule has 2 aromatic rings. The maximum atomic E-state index is 12.7. The van der Waals surface area contributed by atoms with Gasteiger partial charge in [0.1, 0.15) is 5.75 Å². The highest BCUT2D eigenvalue weighted by Gasteiger charge is 2.24. The Hall–Kier alpha value is -1.88. The third-order valence-electron chi connectivity index (χ3n) is 3.60. The van der Waals surface area contributed by atoms with E-state index >= 15 is 0 Å². The second kappa shape index (κ2) is 5.85. The number of hydrogen-bond donors (Lipinski definition) is 0. The number of pyridine rings is 1. The maximum Gasteiger partial charge on any atom is 0.259 e. The van der Waals surface area contributed by atoms with Gasteiger partial charge in [0.05, 0.1) is 12.7 Å². The molecule has 0 bridgehead atoms. The molecule has 1 amide bonds. The van der Waals surface area contributed by atoms with E-state index in [1.165, 1.54) is 0 Å². The highest BCUT2D eigenvalue weighted by atomic mass is 79.9. The molecule has 108 valence electrons. The lowest BCUT2D eigenvalue weighted by Crippen LogP contribution is -2.35. The predicted molar refractivity (Wildman–Crippen MR) is 84.9 cm³/mol. The summed E-state index contributed by atoms with van der Waals surface area (Å²) >= 11 is 3.36. The molecular weight excluding hydrogens is 332 g/mol.